The highest BCUT2D eigenvalue weighted by Crippen LogP contribution is 2.15. The molecule has 29 heavy (non-hydrogen) atoms. The molecule has 1 aliphatic rings. The first kappa shape index (κ1) is 23.5. The van der Waals surface area contributed by atoms with Gasteiger partial charge in [-0.1, -0.05) is 0 Å². The van der Waals surface area contributed by atoms with Gasteiger partial charge in [0.05, 0.1) is 30.5 Å². The van der Waals surface area contributed by atoms with Gasteiger partial charge in [0.2, 0.25) is 26.0 Å². The van der Waals surface area contributed by atoms with E-state index in [-0.39, 0.29) is 30.2 Å². The van der Waals surface area contributed by atoms with Crippen molar-refractivity contribution in [1.29, 1.82) is 0 Å². The van der Waals surface area contributed by atoms with Crippen LogP contribution in [0.2, 0.25) is 0 Å². The van der Waals surface area contributed by atoms with E-state index in [1.54, 1.807) is 12.1 Å². The number of benzene rings is 1. The molecule has 1 aromatic rings. The molecule has 12 heteroatoms. The van der Waals surface area contributed by atoms with E-state index < -0.39 is 26.0 Å². The van der Waals surface area contributed by atoms with Crippen LogP contribution in [0.3, 0.4) is 0 Å². The zero-order valence-corrected chi connectivity index (χ0v) is 17.9. The van der Waals surface area contributed by atoms with Crippen molar-refractivity contribution in [3.8, 4) is 5.75 Å². The largest absolute Gasteiger partial charge is 0.494 e. The third-order valence-electron chi connectivity index (χ3n) is 4.13. The molecule has 0 aliphatic carbocycles. The third-order valence-corrected chi connectivity index (χ3v) is 7.48. The summed E-state index contributed by atoms with van der Waals surface area (Å²) in [5, 5.41) is 2.50. The molecule has 0 unspecified atom stereocenters. The summed E-state index contributed by atoms with van der Waals surface area (Å²) in [5.41, 5.74) is 0. The summed E-state index contributed by atoms with van der Waals surface area (Å²) in [4.78, 5) is 11.9. The second-order valence-corrected chi connectivity index (χ2v) is 10.1. The van der Waals surface area contributed by atoms with Crippen LogP contribution in [0.15, 0.2) is 29.2 Å². The highest BCUT2D eigenvalue weighted by atomic mass is 32.2. The van der Waals surface area contributed by atoms with Crippen LogP contribution in [0.4, 0.5) is 0 Å². The minimum Gasteiger partial charge on any atom is -0.494 e. The van der Waals surface area contributed by atoms with E-state index in [2.05, 4.69) is 10.0 Å². The van der Waals surface area contributed by atoms with E-state index >= 15 is 0 Å². The summed E-state index contributed by atoms with van der Waals surface area (Å²) in [6.45, 7) is 3.51. The number of carbonyl (C=O) groups is 1. The number of hydrogen-bond donors (Lipinski definition) is 2. The van der Waals surface area contributed by atoms with E-state index in [4.69, 9.17) is 9.47 Å². The van der Waals surface area contributed by atoms with E-state index in [1.165, 1.54) is 16.4 Å². The quantitative estimate of drug-likeness (QED) is 0.467. The van der Waals surface area contributed by atoms with Crippen molar-refractivity contribution < 1.29 is 31.1 Å². The van der Waals surface area contributed by atoms with E-state index in [9.17, 15) is 21.6 Å². The first-order valence-corrected chi connectivity index (χ1v) is 12.4. The summed E-state index contributed by atoms with van der Waals surface area (Å²) in [6.07, 6.45) is -0.103. The average molecular weight is 450 g/mol. The normalized spacial score (nSPS) is 15.8. The van der Waals surface area contributed by atoms with Gasteiger partial charge in [-0.3, -0.25) is 4.79 Å². The van der Waals surface area contributed by atoms with Crippen molar-refractivity contribution in [2.45, 2.75) is 18.2 Å². The molecule has 1 aromatic carbocycles. The third kappa shape index (κ3) is 7.55. The Morgan fingerprint density at radius 3 is 2.38 bits per heavy atom. The Kier molecular flexibility index (Phi) is 8.83. The molecule has 0 spiro atoms. The second kappa shape index (κ2) is 10.9. The van der Waals surface area contributed by atoms with Crippen molar-refractivity contribution in [1.82, 2.24) is 14.3 Å². The number of sulfonamides is 2. The van der Waals surface area contributed by atoms with Crippen LogP contribution in [0.5, 0.6) is 5.75 Å². The highest BCUT2D eigenvalue weighted by Gasteiger charge is 2.24. The van der Waals surface area contributed by atoms with Gasteiger partial charge in [0.15, 0.2) is 0 Å². The van der Waals surface area contributed by atoms with Crippen LogP contribution in [-0.2, 0) is 29.6 Å². The lowest BCUT2D eigenvalue weighted by Crippen LogP contribution is -2.44. The van der Waals surface area contributed by atoms with Gasteiger partial charge in [-0.15, -0.1) is 0 Å². The van der Waals surface area contributed by atoms with E-state index in [0.29, 0.717) is 38.7 Å². The fraction of sp³-hybridized carbons (Fsp3) is 0.588. The molecule has 1 aliphatic heterocycles. The molecule has 0 bridgehead atoms. The standard InChI is InChI=1S/C17H27N3O7S2/c1-2-27-15-3-5-16(6-4-15)29(24,25)19-8-7-17(21)18-9-14-28(22,23)20-10-12-26-13-11-20/h3-6,19H,2,7-14H2,1H3,(H,18,21). The maximum atomic E-state index is 12.2. The zero-order chi connectivity index (χ0) is 21.3. The van der Waals surface area contributed by atoms with E-state index in [1.807, 2.05) is 6.92 Å². The minimum absolute atomic E-state index is 0.0375. The van der Waals surface area contributed by atoms with Crippen LogP contribution in [0, 0.1) is 0 Å². The molecule has 1 amide bonds. The van der Waals surface area contributed by atoms with Gasteiger partial charge in [-0.05, 0) is 31.2 Å². The van der Waals surface area contributed by atoms with Crippen LogP contribution in [-0.4, -0.2) is 78.8 Å². The molecule has 1 fully saturated rings. The number of rotatable bonds is 11. The lowest BCUT2D eigenvalue weighted by molar-refractivity contribution is -0.120. The Morgan fingerprint density at radius 1 is 1.10 bits per heavy atom. The van der Waals surface area contributed by atoms with Gasteiger partial charge in [0.1, 0.15) is 5.75 Å². The molecule has 164 valence electrons. The van der Waals surface area contributed by atoms with Gasteiger partial charge >= 0.3 is 0 Å². The van der Waals surface area contributed by atoms with Crippen molar-refractivity contribution in [3.63, 3.8) is 0 Å². The predicted molar refractivity (Wildman–Crippen MR) is 107 cm³/mol. The number of nitrogens with zero attached hydrogens (tertiary/aromatic N) is 1. The Morgan fingerprint density at radius 2 is 1.76 bits per heavy atom. The highest BCUT2D eigenvalue weighted by molar-refractivity contribution is 7.89. The molecule has 0 atom stereocenters. The van der Waals surface area contributed by atoms with Crippen molar-refractivity contribution in [2.24, 2.45) is 0 Å². The fourth-order valence-electron chi connectivity index (χ4n) is 2.63. The van der Waals surface area contributed by atoms with Crippen LogP contribution in [0.1, 0.15) is 13.3 Å². The van der Waals surface area contributed by atoms with Gasteiger partial charge in [-0.2, -0.15) is 4.31 Å². The van der Waals surface area contributed by atoms with Gasteiger partial charge in [0, 0.05) is 32.6 Å². The molecule has 0 radical (unpaired) electrons. The number of carbonyl (C=O) groups excluding carboxylic acids is 1. The van der Waals surface area contributed by atoms with Crippen LogP contribution >= 0.6 is 0 Å². The summed E-state index contributed by atoms with van der Waals surface area (Å²) in [7, 11) is -7.20. The van der Waals surface area contributed by atoms with Gasteiger partial charge in [0.25, 0.3) is 0 Å². The van der Waals surface area contributed by atoms with Crippen LogP contribution < -0.4 is 14.8 Å². The molecule has 1 heterocycles. The molecule has 10 nitrogen and oxygen atoms in total. The minimum atomic E-state index is -3.75. The van der Waals surface area contributed by atoms with Crippen LogP contribution in [0.25, 0.3) is 0 Å². The van der Waals surface area contributed by atoms with Crippen molar-refractivity contribution in [2.75, 3.05) is 51.8 Å². The zero-order valence-electron chi connectivity index (χ0n) is 16.3. The Balaban J connectivity index is 1.71. The summed E-state index contributed by atoms with van der Waals surface area (Å²) < 4.78 is 62.8. The molecule has 0 saturated carbocycles. The number of amides is 1. The number of hydrogen-bond acceptors (Lipinski definition) is 7. The van der Waals surface area contributed by atoms with E-state index in [0.717, 1.165) is 0 Å². The average Bonchev–Trinajstić information content (AvgIpc) is 2.69. The molecular weight excluding hydrogens is 422 g/mol. The molecule has 0 aromatic heterocycles. The Hall–Kier alpha value is -1.73. The van der Waals surface area contributed by atoms with Gasteiger partial charge in [-0.25, -0.2) is 21.6 Å². The molecule has 1 saturated heterocycles. The smallest absolute Gasteiger partial charge is 0.240 e. The van der Waals surface area contributed by atoms with Crippen molar-refractivity contribution in [3.05, 3.63) is 24.3 Å². The summed E-state index contributed by atoms with van der Waals surface area (Å²) in [5.74, 6) is -0.0779. The maximum absolute atomic E-state index is 12.2. The number of ether oxygens (including phenoxy) is 2. The first-order chi connectivity index (χ1) is 13.7. The monoisotopic (exact) mass is 449 g/mol. The predicted octanol–water partition coefficient (Wildman–Crippen LogP) is -0.468. The lowest BCUT2D eigenvalue weighted by Gasteiger charge is -2.26. The molecule has 2 rings (SSSR count). The van der Waals surface area contributed by atoms with Gasteiger partial charge < -0.3 is 14.8 Å². The SMILES string of the molecule is CCOc1ccc(S(=O)(=O)NCCC(=O)NCCS(=O)(=O)N2CCOCC2)cc1. The van der Waals surface area contributed by atoms with Crippen molar-refractivity contribution >= 4 is 26.0 Å². The second-order valence-electron chi connectivity index (χ2n) is 6.23. The topological polar surface area (TPSA) is 131 Å². The Labute approximate surface area is 171 Å². The lowest BCUT2D eigenvalue weighted by atomic mass is 10.3. The molecule has 2 N–H and O–H groups in total. The Bertz CT molecular complexity index is 865. The number of nitrogens with one attached hydrogen (secondary N) is 2. The number of morpholine rings is 1. The first-order valence-electron chi connectivity index (χ1n) is 9.29. The molecular formula is C17H27N3O7S2. The maximum Gasteiger partial charge on any atom is 0.240 e. The summed E-state index contributed by atoms with van der Waals surface area (Å²) in [6, 6.07) is 5.95. The summed E-state index contributed by atoms with van der Waals surface area (Å²) >= 11 is 0. The fourth-order valence-corrected chi connectivity index (χ4v) is 4.98.